The van der Waals surface area contributed by atoms with E-state index in [1.54, 1.807) is 24.3 Å². The van der Waals surface area contributed by atoms with Crippen LogP contribution >= 0.6 is 0 Å². The molecule has 1 atom stereocenters. The molecule has 27 heavy (non-hydrogen) atoms. The zero-order chi connectivity index (χ0) is 19.4. The zero-order valence-corrected chi connectivity index (χ0v) is 16.0. The van der Waals surface area contributed by atoms with E-state index >= 15 is 0 Å². The van der Waals surface area contributed by atoms with Gasteiger partial charge in [0.1, 0.15) is 6.54 Å². The van der Waals surface area contributed by atoms with Crippen LogP contribution in [0, 0.1) is 0 Å². The van der Waals surface area contributed by atoms with Crippen molar-refractivity contribution in [3.8, 4) is 0 Å². The van der Waals surface area contributed by atoms with Gasteiger partial charge in [0.15, 0.2) is 6.54 Å². The summed E-state index contributed by atoms with van der Waals surface area (Å²) in [6.07, 6.45) is 2.36. The Balaban J connectivity index is 1.59. The molecule has 0 bridgehead atoms. The van der Waals surface area contributed by atoms with Gasteiger partial charge < -0.3 is 16.0 Å². The minimum absolute atomic E-state index is 0.0116. The first-order chi connectivity index (χ1) is 12.9. The number of primary amides is 1. The molecule has 0 spiro atoms. The number of benzene rings is 2. The van der Waals surface area contributed by atoms with Crippen LogP contribution in [0.3, 0.4) is 0 Å². The maximum Gasteiger partial charge on any atom is 0.279 e. The SMILES string of the molecule is CC(C)c1ccc(C[NH+](CC(=O)Nc2ccc(C(N)=O)cc2)C2CC2)cc1. The lowest BCUT2D eigenvalue weighted by Crippen LogP contribution is -3.13. The summed E-state index contributed by atoms with van der Waals surface area (Å²) >= 11 is 0. The van der Waals surface area contributed by atoms with Gasteiger partial charge in [-0.2, -0.15) is 0 Å². The Morgan fingerprint density at radius 3 is 2.22 bits per heavy atom. The Kier molecular flexibility index (Phi) is 5.91. The van der Waals surface area contributed by atoms with Gasteiger partial charge in [0, 0.05) is 29.7 Å². The van der Waals surface area contributed by atoms with E-state index in [0.29, 0.717) is 29.8 Å². The van der Waals surface area contributed by atoms with Crippen molar-refractivity contribution in [3.63, 3.8) is 0 Å². The standard InChI is InChI=1S/C22H27N3O2/c1-15(2)17-5-3-16(4-6-17)13-25(20-11-12-20)14-21(26)24-19-9-7-18(8-10-19)22(23)27/h3-10,15,20H,11-14H2,1-2H3,(H2,23,27)(H,24,26)/p+1. The van der Waals surface area contributed by atoms with Crippen LogP contribution in [0.15, 0.2) is 48.5 Å². The number of nitrogens with one attached hydrogen (secondary N) is 2. The second-order valence-corrected chi connectivity index (χ2v) is 7.67. The molecule has 0 aliphatic heterocycles. The van der Waals surface area contributed by atoms with Gasteiger partial charge in [0.05, 0.1) is 6.04 Å². The molecule has 0 saturated heterocycles. The molecule has 1 unspecified atom stereocenters. The van der Waals surface area contributed by atoms with Crippen LogP contribution in [0.25, 0.3) is 0 Å². The van der Waals surface area contributed by atoms with Crippen molar-refractivity contribution in [2.75, 3.05) is 11.9 Å². The van der Waals surface area contributed by atoms with Crippen LogP contribution in [0.2, 0.25) is 0 Å². The summed E-state index contributed by atoms with van der Waals surface area (Å²) in [5, 5.41) is 2.92. The predicted molar refractivity (Wildman–Crippen MR) is 107 cm³/mol. The molecule has 5 heteroatoms. The van der Waals surface area contributed by atoms with Crippen molar-refractivity contribution in [1.82, 2.24) is 0 Å². The molecule has 2 aromatic carbocycles. The number of rotatable bonds is 8. The molecule has 3 rings (SSSR count). The van der Waals surface area contributed by atoms with E-state index in [0.717, 1.165) is 6.54 Å². The maximum absolute atomic E-state index is 12.5. The minimum Gasteiger partial charge on any atom is -0.366 e. The summed E-state index contributed by atoms with van der Waals surface area (Å²) in [6, 6.07) is 16.0. The number of nitrogens with two attached hydrogens (primary N) is 1. The van der Waals surface area contributed by atoms with Gasteiger partial charge in [-0.05, 0) is 35.7 Å². The Morgan fingerprint density at radius 2 is 1.70 bits per heavy atom. The van der Waals surface area contributed by atoms with Crippen LogP contribution in [0.1, 0.15) is 54.1 Å². The molecule has 1 saturated carbocycles. The molecular formula is C22H28N3O2+. The fourth-order valence-corrected chi connectivity index (χ4v) is 3.25. The van der Waals surface area contributed by atoms with Gasteiger partial charge in [-0.1, -0.05) is 38.1 Å². The highest BCUT2D eigenvalue weighted by Gasteiger charge is 2.34. The summed E-state index contributed by atoms with van der Waals surface area (Å²) < 4.78 is 0. The minimum atomic E-state index is -0.472. The Bertz CT molecular complexity index is 793. The van der Waals surface area contributed by atoms with E-state index in [1.165, 1.54) is 28.9 Å². The van der Waals surface area contributed by atoms with E-state index in [1.807, 2.05) is 0 Å². The number of carbonyl (C=O) groups is 2. The maximum atomic E-state index is 12.5. The van der Waals surface area contributed by atoms with Crippen LogP contribution < -0.4 is 16.0 Å². The van der Waals surface area contributed by atoms with Gasteiger partial charge in [0.25, 0.3) is 5.91 Å². The van der Waals surface area contributed by atoms with Crippen LogP contribution in [0.4, 0.5) is 5.69 Å². The van der Waals surface area contributed by atoms with Gasteiger partial charge in [-0.15, -0.1) is 0 Å². The van der Waals surface area contributed by atoms with Crippen molar-refractivity contribution in [3.05, 3.63) is 65.2 Å². The third-order valence-corrected chi connectivity index (χ3v) is 5.07. The molecule has 0 radical (unpaired) electrons. The summed E-state index contributed by atoms with van der Waals surface area (Å²) in [5.41, 5.74) is 8.96. The topological polar surface area (TPSA) is 76.6 Å². The second-order valence-electron chi connectivity index (χ2n) is 7.67. The average Bonchev–Trinajstić information content (AvgIpc) is 3.47. The van der Waals surface area contributed by atoms with E-state index in [-0.39, 0.29) is 5.91 Å². The van der Waals surface area contributed by atoms with Gasteiger partial charge in [0.2, 0.25) is 5.91 Å². The number of amides is 2. The monoisotopic (exact) mass is 366 g/mol. The molecule has 142 valence electrons. The van der Waals surface area contributed by atoms with Gasteiger partial charge in [-0.25, -0.2) is 0 Å². The fraction of sp³-hybridized carbons (Fsp3) is 0.364. The first kappa shape index (κ1) is 19.1. The number of quaternary nitrogens is 1. The molecule has 1 aliphatic carbocycles. The lowest BCUT2D eigenvalue weighted by molar-refractivity contribution is -0.916. The van der Waals surface area contributed by atoms with Crippen LogP contribution in [-0.4, -0.2) is 24.4 Å². The molecule has 2 amide bonds. The largest absolute Gasteiger partial charge is 0.366 e. The van der Waals surface area contributed by atoms with Crippen molar-refractivity contribution in [2.45, 2.75) is 45.2 Å². The van der Waals surface area contributed by atoms with Gasteiger partial charge >= 0.3 is 0 Å². The number of hydrogen-bond acceptors (Lipinski definition) is 2. The molecule has 5 nitrogen and oxygen atoms in total. The van der Waals surface area contributed by atoms with Crippen molar-refractivity contribution < 1.29 is 14.5 Å². The number of carbonyl (C=O) groups excluding carboxylic acids is 2. The summed E-state index contributed by atoms with van der Waals surface area (Å²) in [7, 11) is 0. The van der Waals surface area contributed by atoms with E-state index in [2.05, 4.69) is 43.4 Å². The predicted octanol–water partition coefficient (Wildman–Crippen LogP) is 2.09. The van der Waals surface area contributed by atoms with Crippen molar-refractivity contribution in [2.24, 2.45) is 5.73 Å². The third kappa shape index (κ3) is 5.41. The third-order valence-electron chi connectivity index (χ3n) is 5.07. The molecule has 1 aliphatic rings. The van der Waals surface area contributed by atoms with E-state index < -0.39 is 5.91 Å². The Hall–Kier alpha value is -2.66. The van der Waals surface area contributed by atoms with Crippen molar-refractivity contribution in [1.29, 1.82) is 0 Å². The summed E-state index contributed by atoms with van der Waals surface area (Å²) in [6.45, 7) is 5.68. The fourth-order valence-electron chi connectivity index (χ4n) is 3.25. The number of hydrogen-bond donors (Lipinski definition) is 3. The lowest BCUT2D eigenvalue weighted by atomic mass is 10.0. The highest BCUT2D eigenvalue weighted by molar-refractivity contribution is 5.95. The Labute approximate surface area is 160 Å². The molecular weight excluding hydrogens is 338 g/mol. The lowest BCUT2D eigenvalue weighted by Gasteiger charge is -2.19. The highest BCUT2D eigenvalue weighted by Crippen LogP contribution is 2.17. The molecule has 0 heterocycles. The number of anilines is 1. The van der Waals surface area contributed by atoms with Crippen LogP contribution in [0.5, 0.6) is 0 Å². The summed E-state index contributed by atoms with van der Waals surface area (Å²) in [4.78, 5) is 24.9. The normalized spacial score (nSPS) is 14.8. The second kappa shape index (κ2) is 8.35. The first-order valence-corrected chi connectivity index (χ1v) is 9.55. The zero-order valence-electron chi connectivity index (χ0n) is 16.0. The average molecular weight is 366 g/mol. The van der Waals surface area contributed by atoms with Crippen LogP contribution in [-0.2, 0) is 11.3 Å². The Morgan fingerprint density at radius 1 is 1.07 bits per heavy atom. The van der Waals surface area contributed by atoms with E-state index in [9.17, 15) is 9.59 Å². The quantitative estimate of drug-likeness (QED) is 0.669. The molecule has 4 N–H and O–H groups in total. The smallest absolute Gasteiger partial charge is 0.279 e. The molecule has 0 aromatic heterocycles. The van der Waals surface area contributed by atoms with Gasteiger partial charge in [-0.3, -0.25) is 9.59 Å². The first-order valence-electron chi connectivity index (χ1n) is 9.55. The van der Waals surface area contributed by atoms with E-state index in [4.69, 9.17) is 5.73 Å². The van der Waals surface area contributed by atoms with Crippen molar-refractivity contribution >= 4 is 17.5 Å². The molecule has 2 aromatic rings. The highest BCUT2D eigenvalue weighted by atomic mass is 16.2. The molecule has 1 fully saturated rings. The summed E-state index contributed by atoms with van der Waals surface area (Å²) in [5.74, 6) is 0.0425.